The van der Waals surface area contributed by atoms with Gasteiger partial charge in [0.2, 0.25) is 0 Å². The van der Waals surface area contributed by atoms with E-state index in [0.717, 1.165) is 12.8 Å². The molecule has 0 unspecified atom stereocenters. The summed E-state index contributed by atoms with van der Waals surface area (Å²) in [6.07, 6.45) is 1.95. The van der Waals surface area contributed by atoms with E-state index in [1.54, 1.807) is 0 Å². The van der Waals surface area contributed by atoms with Crippen molar-refractivity contribution in [2.75, 3.05) is 5.32 Å². The van der Waals surface area contributed by atoms with E-state index in [1.165, 1.54) is 12.1 Å². The lowest BCUT2D eigenvalue weighted by atomic mass is 10.1. The van der Waals surface area contributed by atoms with Crippen molar-refractivity contribution in [3.63, 3.8) is 0 Å². The molecule has 4 heteroatoms. The van der Waals surface area contributed by atoms with Gasteiger partial charge in [0.15, 0.2) is 0 Å². The molecule has 0 aliphatic carbocycles. The Morgan fingerprint density at radius 2 is 1.67 bits per heavy atom. The van der Waals surface area contributed by atoms with Crippen LogP contribution in [-0.4, -0.2) is 6.04 Å². The SMILES string of the molecule is CCC(CC)Nc1c(Cl)cc(F)cc1Cl. The van der Waals surface area contributed by atoms with Crippen LogP contribution in [0.15, 0.2) is 12.1 Å². The molecule has 1 aromatic rings. The monoisotopic (exact) mass is 249 g/mol. The molecule has 0 heterocycles. The Balaban J connectivity index is 2.94. The Kier molecular flexibility index (Phi) is 4.68. The maximum absolute atomic E-state index is 12.9. The van der Waals surface area contributed by atoms with Crippen molar-refractivity contribution < 1.29 is 4.39 Å². The lowest BCUT2D eigenvalue weighted by molar-refractivity contribution is 0.627. The quantitative estimate of drug-likeness (QED) is 0.814. The van der Waals surface area contributed by atoms with Crippen LogP contribution in [0.25, 0.3) is 0 Å². The average molecular weight is 250 g/mol. The maximum Gasteiger partial charge on any atom is 0.126 e. The van der Waals surface area contributed by atoms with Crippen LogP contribution in [0.3, 0.4) is 0 Å². The lowest BCUT2D eigenvalue weighted by Crippen LogP contribution is -2.17. The highest BCUT2D eigenvalue weighted by molar-refractivity contribution is 6.39. The van der Waals surface area contributed by atoms with Gasteiger partial charge in [-0.2, -0.15) is 0 Å². The highest BCUT2D eigenvalue weighted by Crippen LogP contribution is 2.32. The first-order chi connectivity index (χ1) is 7.08. The van der Waals surface area contributed by atoms with Crippen molar-refractivity contribution in [3.05, 3.63) is 28.0 Å². The van der Waals surface area contributed by atoms with E-state index in [0.29, 0.717) is 21.8 Å². The number of nitrogens with one attached hydrogen (secondary N) is 1. The van der Waals surface area contributed by atoms with E-state index in [9.17, 15) is 4.39 Å². The van der Waals surface area contributed by atoms with Crippen molar-refractivity contribution in [1.29, 1.82) is 0 Å². The second-order valence-electron chi connectivity index (χ2n) is 3.40. The van der Waals surface area contributed by atoms with E-state index >= 15 is 0 Å². The summed E-state index contributed by atoms with van der Waals surface area (Å²) in [5.41, 5.74) is 0.619. The number of benzene rings is 1. The Hall–Kier alpha value is -0.470. The molecule has 0 aliphatic heterocycles. The fraction of sp³-hybridized carbons (Fsp3) is 0.455. The van der Waals surface area contributed by atoms with Gasteiger partial charge in [0.05, 0.1) is 15.7 Å². The Morgan fingerprint density at radius 3 is 2.07 bits per heavy atom. The third-order valence-corrected chi connectivity index (χ3v) is 2.94. The van der Waals surface area contributed by atoms with Crippen molar-refractivity contribution in [3.8, 4) is 0 Å². The van der Waals surface area contributed by atoms with E-state index in [-0.39, 0.29) is 0 Å². The molecule has 84 valence electrons. The molecule has 1 N–H and O–H groups in total. The van der Waals surface area contributed by atoms with Gasteiger partial charge in [-0.05, 0) is 25.0 Å². The minimum Gasteiger partial charge on any atom is -0.380 e. The minimum absolute atomic E-state index is 0.311. The van der Waals surface area contributed by atoms with Gasteiger partial charge in [0, 0.05) is 6.04 Å². The summed E-state index contributed by atoms with van der Waals surface area (Å²) in [6.45, 7) is 4.15. The largest absolute Gasteiger partial charge is 0.380 e. The van der Waals surface area contributed by atoms with Gasteiger partial charge in [-0.1, -0.05) is 37.0 Å². The maximum atomic E-state index is 12.9. The van der Waals surface area contributed by atoms with Crippen LogP contribution >= 0.6 is 23.2 Å². The molecular formula is C11H14Cl2FN. The zero-order valence-electron chi connectivity index (χ0n) is 8.78. The second kappa shape index (κ2) is 5.57. The van der Waals surface area contributed by atoms with Crippen LogP contribution in [0.1, 0.15) is 26.7 Å². The zero-order valence-corrected chi connectivity index (χ0v) is 10.3. The minimum atomic E-state index is -0.417. The van der Waals surface area contributed by atoms with Crippen LogP contribution < -0.4 is 5.32 Å². The molecule has 15 heavy (non-hydrogen) atoms. The molecule has 0 aliphatic rings. The lowest BCUT2D eigenvalue weighted by Gasteiger charge is -2.18. The Morgan fingerprint density at radius 1 is 1.20 bits per heavy atom. The van der Waals surface area contributed by atoms with Gasteiger partial charge in [0.1, 0.15) is 5.82 Å². The predicted octanol–water partition coefficient (Wildman–Crippen LogP) is 4.73. The first-order valence-corrected chi connectivity index (χ1v) is 5.75. The highest BCUT2D eigenvalue weighted by atomic mass is 35.5. The zero-order chi connectivity index (χ0) is 11.4. The second-order valence-corrected chi connectivity index (χ2v) is 4.22. The molecular weight excluding hydrogens is 236 g/mol. The predicted molar refractivity (Wildman–Crippen MR) is 64.4 cm³/mol. The standard InChI is InChI=1S/C11H14Cl2FN/c1-3-8(4-2)15-11-9(12)5-7(14)6-10(11)13/h5-6,8,15H,3-4H2,1-2H3. The smallest absolute Gasteiger partial charge is 0.126 e. The molecule has 0 fully saturated rings. The van der Waals surface area contributed by atoms with Gasteiger partial charge < -0.3 is 5.32 Å². The van der Waals surface area contributed by atoms with Crippen LogP contribution in [0.4, 0.5) is 10.1 Å². The van der Waals surface area contributed by atoms with Crippen LogP contribution in [-0.2, 0) is 0 Å². The van der Waals surface area contributed by atoms with Crippen molar-refractivity contribution in [1.82, 2.24) is 0 Å². The summed E-state index contributed by atoms with van der Waals surface area (Å²) in [5.74, 6) is -0.417. The average Bonchev–Trinajstić information content (AvgIpc) is 2.17. The molecule has 0 saturated heterocycles. The number of anilines is 1. The molecule has 0 spiro atoms. The normalized spacial score (nSPS) is 10.8. The fourth-order valence-corrected chi connectivity index (χ4v) is 1.95. The van der Waals surface area contributed by atoms with Crippen LogP contribution in [0.5, 0.6) is 0 Å². The molecule has 0 bridgehead atoms. The topological polar surface area (TPSA) is 12.0 Å². The number of hydrogen-bond acceptors (Lipinski definition) is 1. The Labute approximate surface area is 99.6 Å². The summed E-state index contributed by atoms with van der Waals surface area (Å²) < 4.78 is 12.9. The van der Waals surface area contributed by atoms with Gasteiger partial charge in [0.25, 0.3) is 0 Å². The molecule has 1 aromatic carbocycles. The summed E-state index contributed by atoms with van der Waals surface area (Å²) >= 11 is 11.8. The third kappa shape index (κ3) is 3.25. The molecule has 1 nitrogen and oxygen atoms in total. The summed E-state index contributed by atoms with van der Waals surface area (Å²) in [5, 5.41) is 3.86. The van der Waals surface area contributed by atoms with Gasteiger partial charge in [-0.15, -0.1) is 0 Å². The summed E-state index contributed by atoms with van der Waals surface area (Å²) in [6, 6.07) is 2.83. The van der Waals surface area contributed by atoms with Gasteiger partial charge in [-0.3, -0.25) is 0 Å². The number of hydrogen-bond donors (Lipinski definition) is 1. The summed E-state index contributed by atoms with van der Waals surface area (Å²) in [4.78, 5) is 0. The van der Waals surface area contributed by atoms with Crippen molar-refractivity contribution in [2.45, 2.75) is 32.7 Å². The Bertz CT molecular complexity index is 314. The first kappa shape index (κ1) is 12.6. The number of halogens is 3. The van der Waals surface area contributed by atoms with Gasteiger partial charge >= 0.3 is 0 Å². The van der Waals surface area contributed by atoms with Gasteiger partial charge in [-0.25, -0.2) is 4.39 Å². The molecule has 0 atom stereocenters. The molecule has 0 amide bonds. The highest BCUT2D eigenvalue weighted by Gasteiger charge is 2.11. The molecule has 0 aromatic heterocycles. The molecule has 0 radical (unpaired) electrons. The fourth-order valence-electron chi connectivity index (χ4n) is 1.38. The van der Waals surface area contributed by atoms with E-state index in [2.05, 4.69) is 19.2 Å². The van der Waals surface area contributed by atoms with E-state index in [1.807, 2.05) is 0 Å². The van der Waals surface area contributed by atoms with Crippen molar-refractivity contribution in [2.24, 2.45) is 0 Å². The first-order valence-electron chi connectivity index (χ1n) is 4.99. The molecule has 1 rings (SSSR count). The summed E-state index contributed by atoms with van der Waals surface area (Å²) in [7, 11) is 0. The third-order valence-electron chi connectivity index (χ3n) is 2.34. The molecule has 0 saturated carbocycles. The van der Waals surface area contributed by atoms with E-state index in [4.69, 9.17) is 23.2 Å². The van der Waals surface area contributed by atoms with E-state index < -0.39 is 5.82 Å². The van der Waals surface area contributed by atoms with Crippen LogP contribution in [0, 0.1) is 5.82 Å². The van der Waals surface area contributed by atoms with Crippen LogP contribution in [0.2, 0.25) is 10.0 Å². The van der Waals surface area contributed by atoms with Crippen molar-refractivity contribution >= 4 is 28.9 Å². The number of rotatable bonds is 4.